The highest BCUT2D eigenvalue weighted by Crippen LogP contribution is 2.24. The maximum Gasteiger partial charge on any atom is 0.243 e. The zero-order valence-electron chi connectivity index (χ0n) is 20.7. The van der Waals surface area contributed by atoms with Gasteiger partial charge in [0.25, 0.3) is 0 Å². The second kappa shape index (κ2) is 14.0. The van der Waals surface area contributed by atoms with Gasteiger partial charge in [-0.15, -0.1) is 11.8 Å². The predicted molar refractivity (Wildman–Crippen MR) is 157 cm³/mol. The van der Waals surface area contributed by atoms with E-state index in [0.717, 1.165) is 52.6 Å². The standard InChI is InChI=1S/C30H32BrClN2O2S/c31-25-16-14-23(15-17-25)20-37-21-29(35)34(19-24-10-4-7-13-27(24)32)28(18-22-8-2-1-3-9-22)30(36)33-26-11-5-6-12-26/h1-4,7-10,13-17,26,28H,5-6,11-12,18-21H2,(H,33,36)/t28-/m0/s1. The lowest BCUT2D eigenvalue weighted by Crippen LogP contribution is -2.52. The molecule has 0 heterocycles. The van der Waals surface area contributed by atoms with Crippen molar-refractivity contribution in [2.75, 3.05) is 5.75 Å². The summed E-state index contributed by atoms with van der Waals surface area (Å²) in [4.78, 5) is 29.2. The van der Waals surface area contributed by atoms with Crippen LogP contribution in [-0.4, -0.2) is 34.6 Å². The lowest BCUT2D eigenvalue weighted by atomic mass is 10.0. The Morgan fingerprint density at radius 3 is 2.32 bits per heavy atom. The maximum atomic E-state index is 13.8. The first-order valence-electron chi connectivity index (χ1n) is 12.7. The number of nitrogens with one attached hydrogen (secondary N) is 1. The number of hydrogen-bond donors (Lipinski definition) is 1. The van der Waals surface area contributed by atoms with Gasteiger partial charge in [0.1, 0.15) is 6.04 Å². The van der Waals surface area contributed by atoms with Crippen molar-refractivity contribution in [1.82, 2.24) is 10.2 Å². The van der Waals surface area contributed by atoms with Gasteiger partial charge in [-0.05, 0) is 47.7 Å². The zero-order valence-corrected chi connectivity index (χ0v) is 23.9. The first-order chi connectivity index (χ1) is 18.0. The predicted octanol–water partition coefficient (Wildman–Crippen LogP) is 7.03. The summed E-state index contributed by atoms with van der Waals surface area (Å²) in [7, 11) is 0. The average molecular weight is 600 g/mol. The van der Waals surface area contributed by atoms with Gasteiger partial charge in [0.2, 0.25) is 11.8 Å². The van der Waals surface area contributed by atoms with Crippen molar-refractivity contribution < 1.29 is 9.59 Å². The Bertz CT molecular complexity index is 1170. The number of thioether (sulfide) groups is 1. The highest BCUT2D eigenvalue weighted by atomic mass is 79.9. The minimum atomic E-state index is -0.625. The van der Waals surface area contributed by atoms with Crippen molar-refractivity contribution in [2.45, 2.75) is 56.5 Å². The molecule has 4 rings (SSSR count). The lowest BCUT2D eigenvalue weighted by molar-refractivity contribution is -0.139. The number of amides is 2. The molecule has 1 aliphatic carbocycles. The number of nitrogens with zero attached hydrogens (tertiary/aromatic N) is 1. The van der Waals surface area contributed by atoms with Gasteiger partial charge in [0, 0.05) is 34.3 Å². The van der Waals surface area contributed by atoms with Crippen molar-refractivity contribution >= 4 is 51.1 Å². The number of hydrogen-bond acceptors (Lipinski definition) is 3. The molecule has 1 atom stereocenters. The zero-order chi connectivity index (χ0) is 26.0. The molecule has 0 aromatic heterocycles. The van der Waals surface area contributed by atoms with E-state index in [-0.39, 0.29) is 30.2 Å². The van der Waals surface area contributed by atoms with Gasteiger partial charge < -0.3 is 10.2 Å². The number of rotatable bonds is 11. The molecule has 3 aromatic rings. The van der Waals surface area contributed by atoms with Gasteiger partial charge >= 0.3 is 0 Å². The molecule has 0 spiro atoms. The molecule has 7 heteroatoms. The Morgan fingerprint density at radius 2 is 1.62 bits per heavy atom. The summed E-state index contributed by atoms with van der Waals surface area (Å²) in [5, 5.41) is 3.84. The number of benzene rings is 3. The molecule has 0 saturated heterocycles. The third-order valence-electron chi connectivity index (χ3n) is 6.68. The summed E-state index contributed by atoms with van der Waals surface area (Å²) in [5.74, 6) is 0.845. The second-order valence-electron chi connectivity index (χ2n) is 9.43. The number of halogens is 2. The van der Waals surface area contributed by atoms with Crippen LogP contribution in [0.2, 0.25) is 5.02 Å². The highest BCUT2D eigenvalue weighted by molar-refractivity contribution is 9.10. The van der Waals surface area contributed by atoms with Crippen LogP contribution in [0.1, 0.15) is 42.4 Å². The minimum Gasteiger partial charge on any atom is -0.352 e. The molecule has 0 radical (unpaired) electrons. The van der Waals surface area contributed by atoms with Crippen molar-refractivity contribution in [3.05, 3.63) is 105 Å². The van der Waals surface area contributed by atoms with Crippen molar-refractivity contribution in [3.63, 3.8) is 0 Å². The third kappa shape index (κ3) is 8.36. The molecular weight excluding hydrogens is 568 g/mol. The van der Waals surface area contributed by atoms with E-state index < -0.39 is 6.04 Å². The topological polar surface area (TPSA) is 49.4 Å². The minimum absolute atomic E-state index is 0.0652. The lowest BCUT2D eigenvalue weighted by Gasteiger charge is -2.32. The molecule has 3 aromatic carbocycles. The van der Waals surface area contributed by atoms with Crippen LogP contribution in [0.15, 0.2) is 83.3 Å². The van der Waals surface area contributed by atoms with E-state index in [0.29, 0.717) is 11.4 Å². The normalized spacial score (nSPS) is 14.3. The van der Waals surface area contributed by atoms with Crippen LogP contribution in [0.5, 0.6) is 0 Å². The Kier molecular flexibility index (Phi) is 10.5. The van der Waals surface area contributed by atoms with Crippen LogP contribution in [-0.2, 0) is 28.3 Å². The van der Waals surface area contributed by atoms with Gasteiger partial charge in [0.05, 0.1) is 5.75 Å². The second-order valence-corrected chi connectivity index (χ2v) is 11.7. The van der Waals surface area contributed by atoms with E-state index in [1.807, 2.05) is 66.7 Å². The van der Waals surface area contributed by atoms with E-state index in [2.05, 4.69) is 33.4 Å². The van der Waals surface area contributed by atoms with Gasteiger partial charge in [-0.2, -0.15) is 0 Å². The molecule has 194 valence electrons. The van der Waals surface area contributed by atoms with E-state index in [9.17, 15) is 9.59 Å². The molecule has 37 heavy (non-hydrogen) atoms. The largest absolute Gasteiger partial charge is 0.352 e. The van der Waals surface area contributed by atoms with Gasteiger partial charge in [-0.3, -0.25) is 9.59 Å². The van der Waals surface area contributed by atoms with Gasteiger partial charge in [-0.1, -0.05) is 101 Å². The molecule has 1 aliphatic rings. The molecule has 2 amide bonds. The van der Waals surface area contributed by atoms with Crippen molar-refractivity contribution in [3.8, 4) is 0 Å². The van der Waals surface area contributed by atoms with Crippen LogP contribution >= 0.6 is 39.3 Å². The molecule has 1 saturated carbocycles. The Labute approximate surface area is 237 Å². The fourth-order valence-corrected chi connectivity index (χ4v) is 5.98. The number of carbonyl (C=O) groups is 2. The molecule has 0 bridgehead atoms. The Morgan fingerprint density at radius 1 is 0.946 bits per heavy atom. The first kappa shape index (κ1) is 27.7. The smallest absolute Gasteiger partial charge is 0.243 e. The summed E-state index contributed by atoms with van der Waals surface area (Å²) in [6.07, 6.45) is 4.69. The van der Waals surface area contributed by atoms with Gasteiger partial charge in [-0.25, -0.2) is 0 Å². The maximum absolute atomic E-state index is 13.8. The monoisotopic (exact) mass is 598 g/mol. The van der Waals surface area contributed by atoms with Crippen LogP contribution in [0.3, 0.4) is 0 Å². The van der Waals surface area contributed by atoms with Crippen LogP contribution in [0, 0.1) is 0 Å². The van der Waals surface area contributed by atoms with Crippen LogP contribution < -0.4 is 5.32 Å². The first-order valence-corrected chi connectivity index (χ1v) is 15.0. The molecule has 1 N–H and O–H groups in total. The van der Waals surface area contributed by atoms with Crippen molar-refractivity contribution in [2.24, 2.45) is 0 Å². The molecule has 0 unspecified atom stereocenters. The molecule has 1 fully saturated rings. The van der Waals surface area contributed by atoms with Crippen LogP contribution in [0.25, 0.3) is 0 Å². The molecule has 0 aliphatic heterocycles. The van der Waals surface area contributed by atoms with Crippen LogP contribution in [0.4, 0.5) is 0 Å². The molecular formula is C30H32BrClN2O2S. The SMILES string of the molecule is O=C(NC1CCCC1)[C@H](Cc1ccccc1)N(Cc1ccccc1Cl)C(=O)CSCc1ccc(Br)cc1. The quantitative estimate of drug-likeness (QED) is 0.257. The van der Waals surface area contributed by atoms with E-state index in [1.54, 1.807) is 16.7 Å². The van der Waals surface area contributed by atoms with Gasteiger partial charge in [0.15, 0.2) is 0 Å². The summed E-state index contributed by atoms with van der Waals surface area (Å²) in [6.45, 7) is 0.285. The summed E-state index contributed by atoms with van der Waals surface area (Å²) in [5.41, 5.74) is 3.01. The Balaban J connectivity index is 1.56. The Hall–Kier alpha value is -2.28. The van der Waals surface area contributed by atoms with E-state index >= 15 is 0 Å². The summed E-state index contributed by atoms with van der Waals surface area (Å²) >= 11 is 11.5. The van der Waals surface area contributed by atoms with E-state index in [1.165, 1.54) is 0 Å². The summed E-state index contributed by atoms with van der Waals surface area (Å²) < 4.78 is 1.03. The summed E-state index contributed by atoms with van der Waals surface area (Å²) in [6, 6.07) is 25.1. The van der Waals surface area contributed by atoms with Crippen molar-refractivity contribution in [1.29, 1.82) is 0 Å². The fourth-order valence-electron chi connectivity index (χ4n) is 4.65. The highest BCUT2D eigenvalue weighted by Gasteiger charge is 2.32. The van der Waals surface area contributed by atoms with E-state index in [4.69, 9.17) is 11.6 Å². The third-order valence-corrected chi connectivity index (χ3v) is 8.56. The fraction of sp³-hybridized carbons (Fsp3) is 0.333. The molecule has 4 nitrogen and oxygen atoms in total. The average Bonchev–Trinajstić information content (AvgIpc) is 3.42. The number of carbonyl (C=O) groups excluding carboxylic acids is 2.